The number of nitrogens with one attached hydrogen (secondary N) is 2. The Kier molecular flexibility index (Phi) is 8.66. The molecule has 2 rings (SSSR count). The summed E-state index contributed by atoms with van der Waals surface area (Å²) in [5.41, 5.74) is 1.60. The molecular formula is C18H30IN3O2. The summed E-state index contributed by atoms with van der Waals surface area (Å²) in [5, 5.41) is 6.83. The highest BCUT2D eigenvalue weighted by Gasteiger charge is 2.34. The number of halogens is 1. The average molecular weight is 447 g/mol. The fourth-order valence-electron chi connectivity index (χ4n) is 3.00. The minimum atomic E-state index is 0. The van der Waals surface area contributed by atoms with Gasteiger partial charge in [-0.2, -0.15) is 0 Å². The SMILES string of the molecule is CCC1(CNC(=NC)NCc2ccc(OC)c(OC)c2)CCC1.I. The van der Waals surface area contributed by atoms with Crippen molar-refractivity contribution >= 4 is 29.9 Å². The number of guanidine groups is 1. The number of rotatable bonds is 7. The maximum atomic E-state index is 5.34. The van der Waals surface area contributed by atoms with Crippen LogP contribution in [-0.2, 0) is 6.54 Å². The van der Waals surface area contributed by atoms with Crippen molar-refractivity contribution in [3.63, 3.8) is 0 Å². The van der Waals surface area contributed by atoms with E-state index in [0.717, 1.165) is 29.6 Å². The number of aliphatic imine (C=N–C) groups is 1. The second-order valence-corrected chi connectivity index (χ2v) is 6.18. The maximum absolute atomic E-state index is 5.34. The molecule has 0 radical (unpaired) electrons. The van der Waals surface area contributed by atoms with Gasteiger partial charge in [-0.1, -0.05) is 19.4 Å². The highest BCUT2D eigenvalue weighted by molar-refractivity contribution is 14.0. The van der Waals surface area contributed by atoms with Crippen LogP contribution in [0.2, 0.25) is 0 Å². The summed E-state index contributed by atoms with van der Waals surface area (Å²) >= 11 is 0. The number of hydrogen-bond acceptors (Lipinski definition) is 3. The molecule has 0 aromatic heterocycles. The molecule has 0 spiro atoms. The minimum absolute atomic E-state index is 0. The van der Waals surface area contributed by atoms with Gasteiger partial charge in [0.05, 0.1) is 14.2 Å². The molecule has 0 amide bonds. The molecule has 0 heterocycles. The zero-order valence-electron chi connectivity index (χ0n) is 15.1. The molecule has 24 heavy (non-hydrogen) atoms. The van der Waals surface area contributed by atoms with Gasteiger partial charge in [-0.25, -0.2) is 0 Å². The van der Waals surface area contributed by atoms with Crippen molar-refractivity contribution in [2.24, 2.45) is 10.4 Å². The Bertz CT molecular complexity index is 540. The van der Waals surface area contributed by atoms with E-state index in [1.54, 1.807) is 14.2 Å². The molecule has 1 saturated carbocycles. The Balaban J connectivity index is 0.00000288. The number of benzene rings is 1. The van der Waals surface area contributed by atoms with Crippen molar-refractivity contribution in [1.29, 1.82) is 0 Å². The van der Waals surface area contributed by atoms with Crippen molar-refractivity contribution in [1.82, 2.24) is 10.6 Å². The van der Waals surface area contributed by atoms with Gasteiger partial charge in [-0.3, -0.25) is 4.99 Å². The zero-order valence-corrected chi connectivity index (χ0v) is 17.5. The van der Waals surface area contributed by atoms with Gasteiger partial charge in [0.25, 0.3) is 0 Å². The van der Waals surface area contributed by atoms with E-state index in [1.807, 2.05) is 25.2 Å². The first-order valence-corrected chi connectivity index (χ1v) is 8.32. The Morgan fingerprint density at radius 2 is 1.88 bits per heavy atom. The molecule has 0 saturated heterocycles. The number of nitrogens with zero attached hydrogens (tertiary/aromatic N) is 1. The smallest absolute Gasteiger partial charge is 0.191 e. The van der Waals surface area contributed by atoms with Gasteiger partial charge >= 0.3 is 0 Å². The molecule has 0 atom stereocenters. The fraction of sp³-hybridized carbons (Fsp3) is 0.611. The van der Waals surface area contributed by atoms with E-state index in [0.29, 0.717) is 12.0 Å². The third kappa shape index (κ3) is 5.16. The summed E-state index contributed by atoms with van der Waals surface area (Å²) in [6, 6.07) is 5.94. The Hall–Kier alpha value is -1.18. The lowest BCUT2D eigenvalue weighted by molar-refractivity contribution is 0.131. The summed E-state index contributed by atoms with van der Waals surface area (Å²) in [6.45, 7) is 3.97. The van der Waals surface area contributed by atoms with Crippen molar-refractivity contribution in [2.75, 3.05) is 27.8 Å². The normalized spacial score (nSPS) is 15.8. The molecule has 136 valence electrons. The van der Waals surface area contributed by atoms with Gasteiger partial charge in [-0.15, -0.1) is 24.0 Å². The summed E-state index contributed by atoms with van der Waals surface area (Å²) < 4.78 is 10.6. The molecule has 1 aromatic rings. The lowest BCUT2D eigenvalue weighted by atomic mass is 9.67. The van der Waals surface area contributed by atoms with E-state index in [9.17, 15) is 0 Å². The molecule has 1 aliphatic carbocycles. The highest BCUT2D eigenvalue weighted by Crippen LogP contribution is 2.42. The number of methoxy groups -OCH3 is 2. The first-order chi connectivity index (χ1) is 11.2. The van der Waals surface area contributed by atoms with Crippen LogP contribution in [0.1, 0.15) is 38.2 Å². The first-order valence-electron chi connectivity index (χ1n) is 8.32. The molecule has 1 fully saturated rings. The van der Waals surface area contributed by atoms with Gasteiger partial charge in [-0.05, 0) is 42.4 Å². The van der Waals surface area contributed by atoms with Crippen LogP contribution in [0.25, 0.3) is 0 Å². The van der Waals surface area contributed by atoms with Gasteiger partial charge in [0.2, 0.25) is 0 Å². The van der Waals surface area contributed by atoms with Crippen LogP contribution < -0.4 is 20.1 Å². The highest BCUT2D eigenvalue weighted by atomic mass is 127. The van der Waals surface area contributed by atoms with Gasteiger partial charge in [0.15, 0.2) is 17.5 Å². The molecule has 5 nitrogen and oxygen atoms in total. The van der Waals surface area contributed by atoms with Crippen molar-refractivity contribution in [2.45, 2.75) is 39.2 Å². The maximum Gasteiger partial charge on any atom is 0.191 e. The van der Waals surface area contributed by atoms with Crippen LogP contribution in [0.15, 0.2) is 23.2 Å². The molecule has 0 aliphatic heterocycles. The topological polar surface area (TPSA) is 54.9 Å². The monoisotopic (exact) mass is 447 g/mol. The Morgan fingerprint density at radius 3 is 2.38 bits per heavy atom. The Labute approximate surface area is 162 Å². The third-order valence-corrected chi connectivity index (χ3v) is 4.93. The van der Waals surface area contributed by atoms with Crippen LogP contribution >= 0.6 is 24.0 Å². The summed E-state index contributed by atoms with van der Waals surface area (Å²) in [5.74, 6) is 2.34. The summed E-state index contributed by atoms with van der Waals surface area (Å²) in [7, 11) is 5.10. The molecule has 6 heteroatoms. The number of ether oxygens (including phenoxy) is 2. The zero-order chi connectivity index (χ0) is 16.7. The van der Waals surface area contributed by atoms with Crippen molar-refractivity contribution in [3.8, 4) is 11.5 Å². The van der Waals surface area contributed by atoms with Crippen LogP contribution in [0.4, 0.5) is 0 Å². The number of hydrogen-bond donors (Lipinski definition) is 2. The molecule has 0 bridgehead atoms. The van der Waals surface area contributed by atoms with E-state index in [2.05, 4.69) is 22.5 Å². The predicted molar refractivity (Wildman–Crippen MR) is 110 cm³/mol. The van der Waals surface area contributed by atoms with Gasteiger partial charge < -0.3 is 20.1 Å². The van der Waals surface area contributed by atoms with Crippen LogP contribution in [-0.4, -0.2) is 33.8 Å². The standard InChI is InChI=1S/C18H29N3O2.HI/c1-5-18(9-6-10-18)13-21-17(19-2)20-12-14-7-8-15(22-3)16(11-14)23-4;/h7-8,11H,5-6,9-10,12-13H2,1-4H3,(H2,19,20,21);1H. The second kappa shape index (κ2) is 9.96. The fourth-order valence-corrected chi connectivity index (χ4v) is 3.00. The quantitative estimate of drug-likeness (QED) is 0.381. The lowest BCUT2D eigenvalue weighted by Crippen LogP contribution is -2.46. The molecule has 1 aromatic carbocycles. The average Bonchev–Trinajstić information content (AvgIpc) is 2.56. The van der Waals surface area contributed by atoms with E-state index < -0.39 is 0 Å². The van der Waals surface area contributed by atoms with Crippen molar-refractivity contribution < 1.29 is 9.47 Å². The first kappa shape index (κ1) is 20.9. The molecular weight excluding hydrogens is 417 g/mol. The van der Waals surface area contributed by atoms with E-state index in [-0.39, 0.29) is 24.0 Å². The largest absolute Gasteiger partial charge is 0.493 e. The van der Waals surface area contributed by atoms with Gasteiger partial charge in [0, 0.05) is 20.1 Å². The summed E-state index contributed by atoms with van der Waals surface area (Å²) in [4.78, 5) is 4.31. The van der Waals surface area contributed by atoms with E-state index in [4.69, 9.17) is 9.47 Å². The second-order valence-electron chi connectivity index (χ2n) is 6.18. The van der Waals surface area contributed by atoms with Crippen LogP contribution in [0, 0.1) is 5.41 Å². The van der Waals surface area contributed by atoms with Gasteiger partial charge in [0.1, 0.15) is 0 Å². The summed E-state index contributed by atoms with van der Waals surface area (Å²) in [6.07, 6.45) is 5.23. The van der Waals surface area contributed by atoms with Crippen LogP contribution in [0.5, 0.6) is 11.5 Å². The van der Waals surface area contributed by atoms with E-state index >= 15 is 0 Å². The Morgan fingerprint density at radius 1 is 1.17 bits per heavy atom. The molecule has 1 aliphatic rings. The van der Waals surface area contributed by atoms with E-state index in [1.165, 1.54) is 25.7 Å². The van der Waals surface area contributed by atoms with Crippen LogP contribution in [0.3, 0.4) is 0 Å². The van der Waals surface area contributed by atoms with Crippen molar-refractivity contribution in [3.05, 3.63) is 23.8 Å². The minimum Gasteiger partial charge on any atom is -0.493 e. The third-order valence-electron chi connectivity index (χ3n) is 4.93. The predicted octanol–water partition coefficient (Wildman–Crippen LogP) is 3.57. The lowest BCUT2D eigenvalue weighted by Gasteiger charge is -2.41. The molecule has 2 N–H and O–H groups in total. The molecule has 0 unspecified atom stereocenters.